The Morgan fingerprint density at radius 1 is 1.16 bits per heavy atom. The quantitative estimate of drug-likeness (QED) is 0.803. The van der Waals surface area contributed by atoms with E-state index in [2.05, 4.69) is 65.7 Å². The molecule has 0 radical (unpaired) electrons. The van der Waals surface area contributed by atoms with Crippen LogP contribution in [0, 0.1) is 5.92 Å². The van der Waals surface area contributed by atoms with E-state index >= 15 is 0 Å². The molecule has 0 aromatic heterocycles. The molecule has 0 saturated carbocycles. The first-order valence-electron chi connectivity index (χ1n) is 7.75. The summed E-state index contributed by atoms with van der Waals surface area (Å²) in [7, 11) is 2.21. The summed E-state index contributed by atoms with van der Waals surface area (Å²) in [5.74, 6) is 0.515. The van der Waals surface area contributed by atoms with Gasteiger partial charge in [-0.2, -0.15) is 0 Å². The topological polar surface area (TPSA) is 24.5 Å². The van der Waals surface area contributed by atoms with Gasteiger partial charge in [-0.25, -0.2) is 0 Å². The monoisotopic (exact) mass is 270 g/mol. The minimum atomic E-state index is -0.0961. The standard InChI is InChI=1S/C16H34N2O/c1-9-10-17-14-13(11-18(8)12(2)3)15(4,5)19-16(14,6)7/h12-14,17H,9-11H2,1-8H3. The fourth-order valence-corrected chi connectivity index (χ4v) is 3.24. The summed E-state index contributed by atoms with van der Waals surface area (Å²) in [6, 6.07) is 0.995. The van der Waals surface area contributed by atoms with Crippen molar-refractivity contribution < 1.29 is 4.74 Å². The van der Waals surface area contributed by atoms with Gasteiger partial charge in [0, 0.05) is 24.5 Å². The molecule has 0 aromatic rings. The summed E-state index contributed by atoms with van der Waals surface area (Å²) in [6.07, 6.45) is 1.17. The van der Waals surface area contributed by atoms with Crippen molar-refractivity contribution in [2.45, 2.75) is 78.2 Å². The molecular weight excluding hydrogens is 236 g/mol. The van der Waals surface area contributed by atoms with Gasteiger partial charge in [0.25, 0.3) is 0 Å². The van der Waals surface area contributed by atoms with Crippen molar-refractivity contribution in [1.82, 2.24) is 10.2 Å². The van der Waals surface area contributed by atoms with Crippen LogP contribution in [0.15, 0.2) is 0 Å². The van der Waals surface area contributed by atoms with Crippen molar-refractivity contribution in [3.8, 4) is 0 Å². The Balaban J connectivity index is 2.87. The molecule has 1 aliphatic rings. The first kappa shape index (κ1) is 16.9. The maximum absolute atomic E-state index is 6.35. The molecule has 1 rings (SSSR count). The average molecular weight is 270 g/mol. The van der Waals surface area contributed by atoms with Gasteiger partial charge in [0.05, 0.1) is 11.2 Å². The minimum absolute atomic E-state index is 0.0714. The van der Waals surface area contributed by atoms with Gasteiger partial charge in [-0.3, -0.25) is 0 Å². The van der Waals surface area contributed by atoms with Crippen molar-refractivity contribution in [3.05, 3.63) is 0 Å². The Morgan fingerprint density at radius 2 is 1.74 bits per heavy atom. The first-order valence-corrected chi connectivity index (χ1v) is 7.75. The molecule has 3 nitrogen and oxygen atoms in total. The fourth-order valence-electron chi connectivity index (χ4n) is 3.24. The van der Waals surface area contributed by atoms with Crippen molar-refractivity contribution >= 4 is 0 Å². The number of hydrogen-bond donors (Lipinski definition) is 1. The maximum Gasteiger partial charge on any atom is 0.0790 e. The molecule has 1 aliphatic heterocycles. The van der Waals surface area contributed by atoms with E-state index in [1.165, 1.54) is 6.42 Å². The van der Waals surface area contributed by atoms with Gasteiger partial charge >= 0.3 is 0 Å². The van der Waals surface area contributed by atoms with Crippen LogP contribution in [0.2, 0.25) is 0 Å². The normalized spacial score (nSPS) is 29.4. The van der Waals surface area contributed by atoms with E-state index in [0.29, 0.717) is 18.0 Å². The molecule has 0 aromatic carbocycles. The van der Waals surface area contributed by atoms with Crippen LogP contribution in [0.4, 0.5) is 0 Å². The average Bonchev–Trinajstić information content (AvgIpc) is 2.41. The van der Waals surface area contributed by atoms with Crippen molar-refractivity contribution in [3.63, 3.8) is 0 Å². The largest absolute Gasteiger partial charge is 0.368 e. The van der Waals surface area contributed by atoms with Gasteiger partial charge in [-0.05, 0) is 61.6 Å². The number of rotatable bonds is 6. The zero-order chi connectivity index (χ0) is 14.8. The van der Waals surface area contributed by atoms with Gasteiger partial charge in [-0.1, -0.05) is 6.92 Å². The van der Waals surface area contributed by atoms with E-state index in [9.17, 15) is 0 Å². The summed E-state index contributed by atoms with van der Waals surface area (Å²) in [5, 5.41) is 3.72. The molecule has 0 bridgehead atoms. The van der Waals surface area contributed by atoms with Crippen molar-refractivity contribution in [2.24, 2.45) is 5.92 Å². The van der Waals surface area contributed by atoms with E-state index in [1.807, 2.05) is 0 Å². The lowest BCUT2D eigenvalue weighted by Gasteiger charge is -2.34. The zero-order valence-corrected chi connectivity index (χ0v) is 14.2. The lowest BCUT2D eigenvalue weighted by molar-refractivity contribution is -0.0796. The Labute approximate surface area is 120 Å². The van der Waals surface area contributed by atoms with Gasteiger partial charge in [0.15, 0.2) is 0 Å². The van der Waals surface area contributed by atoms with E-state index in [-0.39, 0.29) is 11.2 Å². The highest BCUT2D eigenvalue weighted by atomic mass is 16.5. The molecule has 19 heavy (non-hydrogen) atoms. The van der Waals surface area contributed by atoms with Crippen molar-refractivity contribution in [1.29, 1.82) is 0 Å². The Morgan fingerprint density at radius 3 is 2.21 bits per heavy atom. The number of nitrogens with zero attached hydrogens (tertiary/aromatic N) is 1. The van der Waals surface area contributed by atoms with E-state index in [4.69, 9.17) is 4.74 Å². The third-order valence-electron chi connectivity index (χ3n) is 4.55. The van der Waals surface area contributed by atoms with Crippen LogP contribution in [0.3, 0.4) is 0 Å². The highest BCUT2D eigenvalue weighted by Crippen LogP contribution is 2.42. The minimum Gasteiger partial charge on any atom is -0.368 e. The number of ether oxygens (including phenoxy) is 1. The summed E-state index contributed by atoms with van der Waals surface area (Å²) in [6.45, 7) is 17.8. The second-order valence-electron chi connectivity index (χ2n) is 7.38. The highest BCUT2D eigenvalue weighted by molar-refractivity contribution is 5.06. The lowest BCUT2D eigenvalue weighted by atomic mass is 9.82. The summed E-state index contributed by atoms with van der Waals surface area (Å²) in [4.78, 5) is 2.43. The van der Waals surface area contributed by atoms with E-state index in [1.54, 1.807) is 0 Å². The zero-order valence-electron chi connectivity index (χ0n) is 14.2. The Kier molecular flexibility index (Phi) is 5.44. The maximum atomic E-state index is 6.35. The lowest BCUT2D eigenvalue weighted by Crippen LogP contribution is -2.51. The van der Waals surface area contributed by atoms with Crippen LogP contribution in [0.5, 0.6) is 0 Å². The first-order chi connectivity index (χ1) is 8.62. The van der Waals surface area contributed by atoms with Crippen LogP contribution >= 0.6 is 0 Å². The Hall–Kier alpha value is -0.120. The molecule has 0 amide bonds. The molecular formula is C16H34N2O. The third-order valence-corrected chi connectivity index (χ3v) is 4.55. The van der Waals surface area contributed by atoms with Gasteiger partial charge in [0.1, 0.15) is 0 Å². The van der Waals surface area contributed by atoms with Crippen LogP contribution < -0.4 is 5.32 Å². The number of nitrogens with one attached hydrogen (secondary N) is 1. The van der Waals surface area contributed by atoms with Crippen LogP contribution in [-0.2, 0) is 4.74 Å². The number of hydrogen-bond acceptors (Lipinski definition) is 3. The smallest absolute Gasteiger partial charge is 0.0790 e. The molecule has 3 heteroatoms. The molecule has 2 unspecified atom stereocenters. The van der Waals surface area contributed by atoms with Crippen molar-refractivity contribution in [2.75, 3.05) is 20.1 Å². The van der Waals surface area contributed by atoms with E-state index in [0.717, 1.165) is 13.1 Å². The van der Waals surface area contributed by atoms with Gasteiger partial charge in [-0.15, -0.1) is 0 Å². The van der Waals surface area contributed by atoms with Gasteiger partial charge in [0.2, 0.25) is 0 Å². The van der Waals surface area contributed by atoms with Crippen LogP contribution in [-0.4, -0.2) is 48.3 Å². The molecule has 1 saturated heterocycles. The van der Waals surface area contributed by atoms with Crippen LogP contribution in [0.1, 0.15) is 54.9 Å². The predicted molar refractivity (Wildman–Crippen MR) is 82.6 cm³/mol. The predicted octanol–water partition coefficient (Wildman–Crippen LogP) is 2.90. The second-order valence-corrected chi connectivity index (χ2v) is 7.38. The second kappa shape index (κ2) is 6.11. The van der Waals surface area contributed by atoms with E-state index < -0.39 is 0 Å². The Bertz CT molecular complexity index is 286. The highest BCUT2D eigenvalue weighted by Gasteiger charge is 2.53. The summed E-state index contributed by atoms with van der Waals surface area (Å²) < 4.78 is 6.35. The SMILES string of the molecule is CCCNC1C(CN(C)C(C)C)C(C)(C)OC1(C)C. The molecule has 2 atom stereocenters. The van der Waals surface area contributed by atoms with Crippen LogP contribution in [0.25, 0.3) is 0 Å². The molecule has 1 fully saturated rings. The third kappa shape index (κ3) is 3.93. The molecule has 0 spiro atoms. The molecule has 1 N–H and O–H groups in total. The molecule has 0 aliphatic carbocycles. The molecule has 114 valence electrons. The fraction of sp³-hybridized carbons (Fsp3) is 1.00. The molecule has 1 heterocycles. The van der Waals surface area contributed by atoms with Gasteiger partial charge < -0.3 is 15.0 Å². The summed E-state index contributed by atoms with van der Waals surface area (Å²) >= 11 is 0. The summed E-state index contributed by atoms with van der Waals surface area (Å²) in [5.41, 5.74) is -0.167.